The van der Waals surface area contributed by atoms with Gasteiger partial charge in [0, 0.05) is 61.0 Å². The average Bonchev–Trinajstić information content (AvgIpc) is 2.85. The Morgan fingerprint density at radius 1 is 1.22 bits per heavy atom. The van der Waals surface area contributed by atoms with Crippen LogP contribution in [0.5, 0.6) is 11.5 Å². The number of hydrogen-bond donors (Lipinski definition) is 5. The summed E-state index contributed by atoms with van der Waals surface area (Å²) in [5.41, 5.74) is 2.80. The van der Waals surface area contributed by atoms with Gasteiger partial charge in [-0.3, -0.25) is 9.78 Å². The highest BCUT2D eigenvalue weighted by Crippen LogP contribution is 2.31. The van der Waals surface area contributed by atoms with E-state index in [2.05, 4.69) is 20.9 Å². The Bertz CT molecular complexity index is 1300. The lowest BCUT2D eigenvalue weighted by molar-refractivity contribution is 0.0717. The van der Waals surface area contributed by atoms with Crippen LogP contribution in [0.15, 0.2) is 48.7 Å². The summed E-state index contributed by atoms with van der Waals surface area (Å²) in [7, 11) is 1.78. The molecule has 0 atom stereocenters. The number of aliphatic hydroxyl groups excluding tert-OH is 1. The number of carbonyl (C=O) groups excluding carboxylic acids is 1. The first-order valence-corrected chi connectivity index (χ1v) is 11.8. The van der Waals surface area contributed by atoms with Crippen molar-refractivity contribution < 1.29 is 19.0 Å². The number of aromatic nitrogens is 1. The summed E-state index contributed by atoms with van der Waals surface area (Å²) < 4.78 is 21.3. The third-order valence-corrected chi connectivity index (χ3v) is 6.32. The van der Waals surface area contributed by atoms with Gasteiger partial charge >= 0.3 is 0 Å². The van der Waals surface area contributed by atoms with Gasteiger partial charge in [-0.25, -0.2) is 4.39 Å². The Hall–Kier alpha value is -3.82. The molecule has 0 bridgehead atoms. The van der Waals surface area contributed by atoms with E-state index in [0.717, 1.165) is 11.3 Å². The monoisotopic (exact) mass is 491 g/mol. The molecule has 3 aromatic rings. The normalized spacial score (nSPS) is 14.0. The first-order valence-electron chi connectivity index (χ1n) is 11.8. The van der Waals surface area contributed by atoms with Crippen molar-refractivity contribution >= 4 is 17.3 Å². The van der Waals surface area contributed by atoms with Crippen molar-refractivity contribution in [3.63, 3.8) is 0 Å². The van der Waals surface area contributed by atoms with Gasteiger partial charge in [0.1, 0.15) is 17.3 Å². The van der Waals surface area contributed by atoms with Crippen LogP contribution in [0.2, 0.25) is 0 Å². The molecule has 188 valence electrons. The number of pyridine rings is 1. The Kier molecular flexibility index (Phi) is 7.32. The van der Waals surface area contributed by atoms with Crippen LogP contribution in [-0.2, 0) is 6.42 Å². The topological polar surface area (TPSA) is 119 Å². The molecule has 0 radical (unpaired) electrons. The minimum Gasteiger partial charge on any atom is -0.457 e. The largest absolute Gasteiger partial charge is 0.457 e. The highest BCUT2D eigenvalue weighted by molar-refractivity contribution is 6.01. The number of ether oxygens (including phenoxy) is 1. The van der Waals surface area contributed by atoms with E-state index in [1.54, 1.807) is 44.4 Å². The minimum atomic E-state index is -0.761. The Morgan fingerprint density at radius 2 is 1.97 bits per heavy atom. The average molecular weight is 492 g/mol. The van der Waals surface area contributed by atoms with E-state index < -0.39 is 17.3 Å². The quantitative estimate of drug-likeness (QED) is 0.291. The molecule has 4 rings (SSSR count). The fourth-order valence-corrected chi connectivity index (χ4v) is 4.20. The molecular formula is C27H30FN5O3. The van der Waals surface area contributed by atoms with Gasteiger partial charge in [-0.15, -0.1) is 0 Å². The standard InChI is InChI=1S/C27H30FN5O3/c1-4-17-9-18(10-22(28)25(17)26(35)33-27(15-34)13-31-14-27)23-11-20(7-8-32-23)36-19-5-6-21(16(2)29)24(12-19)30-3/h5-12,29-31,34H,4,13-15H2,1-3H3,(H,33,35). The van der Waals surface area contributed by atoms with Crippen LogP contribution in [0.4, 0.5) is 10.1 Å². The maximum Gasteiger partial charge on any atom is 0.255 e. The number of nitrogens with one attached hydrogen (secondary N) is 4. The molecular weight excluding hydrogens is 461 g/mol. The van der Waals surface area contributed by atoms with E-state index in [9.17, 15) is 9.90 Å². The molecule has 0 saturated carbocycles. The van der Waals surface area contributed by atoms with E-state index in [-0.39, 0.29) is 12.2 Å². The SMILES string of the molecule is CCc1cc(-c2cc(Oc3ccc(C(C)=N)c(NC)c3)ccn2)cc(F)c1C(=O)NC1(CO)CNC1. The van der Waals surface area contributed by atoms with Crippen molar-refractivity contribution in [3.05, 3.63) is 71.2 Å². The molecule has 1 aromatic heterocycles. The minimum absolute atomic E-state index is 0.0189. The predicted octanol–water partition coefficient (Wildman–Crippen LogP) is 3.74. The van der Waals surface area contributed by atoms with Gasteiger partial charge in [-0.05, 0) is 49.2 Å². The van der Waals surface area contributed by atoms with Gasteiger partial charge in [0.2, 0.25) is 0 Å². The zero-order valence-electron chi connectivity index (χ0n) is 20.5. The van der Waals surface area contributed by atoms with Crippen LogP contribution >= 0.6 is 0 Å². The highest BCUT2D eigenvalue weighted by atomic mass is 19.1. The van der Waals surface area contributed by atoms with Crippen molar-refractivity contribution in [3.8, 4) is 22.8 Å². The molecule has 0 spiro atoms. The fraction of sp³-hybridized carbons (Fsp3) is 0.296. The lowest BCUT2D eigenvalue weighted by atomic mass is 9.92. The van der Waals surface area contributed by atoms with Crippen LogP contribution in [0, 0.1) is 11.2 Å². The summed E-state index contributed by atoms with van der Waals surface area (Å²) in [4.78, 5) is 17.3. The molecule has 36 heavy (non-hydrogen) atoms. The highest BCUT2D eigenvalue weighted by Gasteiger charge is 2.38. The predicted molar refractivity (Wildman–Crippen MR) is 138 cm³/mol. The number of aryl methyl sites for hydroxylation is 1. The lowest BCUT2D eigenvalue weighted by Gasteiger charge is -2.41. The number of hydrogen-bond acceptors (Lipinski definition) is 7. The Labute approximate surface area is 209 Å². The Morgan fingerprint density at radius 3 is 2.58 bits per heavy atom. The van der Waals surface area contributed by atoms with Crippen molar-refractivity contribution in [2.75, 3.05) is 32.1 Å². The van der Waals surface area contributed by atoms with Crippen LogP contribution in [0.3, 0.4) is 0 Å². The van der Waals surface area contributed by atoms with E-state index in [4.69, 9.17) is 10.1 Å². The number of anilines is 1. The number of halogens is 1. The van der Waals surface area contributed by atoms with Crippen molar-refractivity contribution in [2.24, 2.45) is 0 Å². The zero-order chi connectivity index (χ0) is 25.9. The second-order valence-corrected chi connectivity index (χ2v) is 8.90. The molecule has 1 saturated heterocycles. The summed E-state index contributed by atoms with van der Waals surface area (Å²) >= 11 is 0. The molecule has 0 unspecified atom stereocenters. The number of amides is 1. The summed E-state index contributed by atoms with van der Waals surface area (Å²) in [6, 6.07) is 11.9. The smallest absolute Gasteiger partial charge is 0.255 e. The third kappa shape index (κ3) is 5.07. The molecule has 1 fully saturated rings. The molecule has 1 aliphatic rings. The molecule has 9 heteroatoms. The third-order valence-electron chi connectivity index (χ3n) is 6.32. The van der Waals surface area contributed by atoms with Crippen LogP contribution in [-0.4, -0.2) is 54.0 Å². The summed E-state index contributed by atoms with van der Waals surface area (Å²) in [6.45, 7) is 4.23. The van der Waals surface area contributed by atoms with Gasteiger partial charge in [0.25, 0.3) is 5.91 Å². The van der Waals surface area contributed by atoms with Gasteiger partial charge in [-0.2, -0.15) is 0 Å². The van der Waals surface area contributed by atoms with Crippen LogP contribution < -0.4 is 20.7 Å². The number of nitrogens with zero attached hydrogens (tertiary/aromatic N) is 1. The van der Waals surface area contributed by atoms with Crippen molar-refractivity contribution in [2.45, 2.75) is 25.8 Å². The molecule has 0 aliphatic carbocycles. The number of benzene rings is 2. The molecule has 5 N–H and O–H groups in total. The van der Waals surface area contributed by atoms with Crippen LogP contribution in [0.25, 0.3) is 11.3 Å². The number of carbonyl (C=O) groups is 1. The molecule has 2 heterocycles. The first-order chi connectivity index (χ1) is 17.3. The van der Waals surface area contributed by atoms with E-state index in [0.29, 0.717) is 53.5 Å². The molecule has 1 amide bonds. The molecule has 1 aliphatic heterocycles. The van der Waals surface area contributed by atoms with Crippen LogP contribution in [0.1, 0.15) is 35.3 Å². The fourth-order valence-electron chi connectivity index (χ4n) is 4.20. The van der Waals surface area contributed by atoms with Gasteiger partial charge in [0.15, 0.2) is 0 Å². The lowest BCUT2D eigenvalue weighted by Crippen LogP contribution is -2.71. The van der Waals surface area contributed by atoms with E-state index in [1.165, 1.54) is 6.07 Å². The van der Waals surface area contributed by atoms with Gasteiger partial charge < -0.3 is 31.2 Å². The number of aliphatic hydroxyl groups is 1. The molecule has 8 nitrogen and oxygen atoms in total. The zero-order valence-corrected chi connectivity index (χ0v) is 20.5. The first kappa shape index (κ1) is 25.3. The molecule has 2 aromatic carbocycles. The van der Waals surface area contributed by atoms with E-state index >= 15 is 4.39 Å². The maximum absolute atomic E-state index is 15.2. The second-order valence-electron chi connectivity index (χ2n) is 8.90. The Balaban J connectivity index is 1.61. The number of rotatable bonds is 9. The van der Waals surface area contributed by atoms with E-state index in [1.807, 2.05) is 19.1 Å². The van der Waals surface area contributed by atoms with Crippen molar-refractivity contribution in [1.82, 2.24) is 15.6 Å². The maximum atomic E-state index is 15.2. The van der Waals surface area contributed by atoms with Gasteiger partial charge in [-0.1, -0.05) is 6.92 Å². The second kappa shape index (κ2) is 10.4. The summed E-state index contributed by atoms with van der Waals surface area (Å²) in [6.07, 6.45) is 2.03. The summed E-state index contributed by atoms with van der Waals surface area (Å²) in [5, 5.41) is 26.4. The van der Waals surface area contributed by atoms with Crippen molar-refractivity contribution in [1.29, 1.82) is 5.41 Å². The summed E-state index contributed by atoms with van der Waals surface area (Å²) in [5.74, 6) is -0.0895. The van der Waals surface area contributed by atoms with Gasteiger partial charge in [0.05, 0.1) is 23.4 Å².